The van der Waals surface area contributed by atoms with Crippen LogP contribution in [0.5, 0.6) is 5.75 Å². The molecule has 0 bridgehead atoms. The standard InChI is InChI=1S/C28H29F2N7O4/c1-15-11-16(3-4-18(15)27(39)32-7-8-33-28(40)20-12-17(38)13-34-20)36-25-26-35-14-21(37(26)10-9-31-25)19-5-6-22(41-2)24(30)23(19)29/h3-6,9-11,14,17,20,34,38H,7-8,12-13H2,1-2H3,(H,31,36)(H,32,39)(H,33,40). The molecule has 1 aliphatic rings. The first-order valence-electron chi connectivity index (χ1n) is 13.0. The topological polar surface area (TPSA) is 142 Å². The SMILES string of the molecule is COc1ccc(-c2cnc3c(Nc4ccc(C(=O)NCCNC(=O)C5CC(O)CN5)c(C)c4)nccn23)c(F)c1F. The third-order valence-electron chi connectivity index (χ3n) is 6.84. The number of aliphatic hydroxyl groups excluding tert-OH is 1. The molecule has 5 rings (SSSR count). The van der Waals surface area contributed by atoms with E-state index >= 15 is 0 Å². The van der Waals surface area contributed by atoms with Crippen molar-refractivity contribution in [3.8, 4) is 17.0 Å². The minimum Gasteiger partial charge on any atom is -0.494 e. The zero-order valence-electron chi connectivity index (χ0n) is 22.4. The molecular weight excluding hydrogens is 536 g/mol. The van der Waals surface area contributed by atoms with Gasteiger partial charge in [-0.15, -0.1) is 0 Å². The van der Waals surface area contributed by atoms with Gasteiger partial charge in [-0.1, -0.05) is 0 Å². The van der Waals surface area contributed by atoms with Crippen LogP contribution in [0.4, 0.5) is 20.3 Å². The third kappa shape index (κ3) is 5.81. The second-order valence-electron chi connectivity index (χ2n) is 9.61. The van der Waals surface area contributed by atoms with Gasteiger partial charge in [0.15, 0.2) is 23.0 Å². The Morgan fingerprint density at radius 3 is 2.68 bits per heavy atom. The Kier molecular flexibility index (Phi) is 8.08. The summed E-state index contributed by atoms with van der Waals surface area (Å²) in [4.78, 5) is 33.5. The van der Waals surface area contributed by atoms with E-state index in [2.05, 4.69) is 31.2 Å². The quantitative estimate of drug-likeness (QED) is 0.195. The second kappa shape index (κ2) is 11.9. The molecule has 1 aliphatic heterocycles. The van der Waals surface area contributed by atoms with E-state index in [1.807, 2.05) is 0 Å². The number of aliphatic hydroxyl groups is 1. The van der Waals surface area contributed by atoms with Gasteiger partial charge in [-0.25, -0.2) is 14.4 Å². The number of halogens is 2. The fourth-order valence-corrected chi connectivity index (χ4v) is 4.72. The summed E-state index contributed by atoms with van der Waals surface area (Å²) in [5, 5.41) is 21.2. The average molecular weight is 566 g/mol. The first-order chi connectivity index (χ1) is 19.8. The molecule has 0 saturated carbocycles. The largest absolute Gasteiger partial charge is 0.494 e. The van der Waals surface area contributed by atoms with Crippen molar-refractivity contribution < 1.29 is 28.2 Å². The maximum absolute atomic E-state index is 14.8. The van der Waals surface area contributed by atoms with E-state index in [1.54, 1.807) is 35.7 Å². The van der Waals surface area contributed by atoms with Gasteiger partial charge in [-0.3, -0.25) is 14.0 Å². The fourth-order valence-electron chi connectivity index (χ4n) is 4.72. The van der Waals surface area contributed by atoms with Crippen molar-refractivity contribution in [2.24, 2.45) is 0 Å². The van der Waals surface area contributed by atoms with Crippen molar-refractivity contribution >= 4 is 29.0 Å². The first-order valence-corrected chi connectivity index (χ1v) is 13.0. The Balaban J connectivity index is 1.24. The van der Waals surface area contributed by atoms with Crippen molar-refractivity contribution in [3.63, 3.8) is 0 Å². The summed E-state index contributed by atoms with van der Waals surface area (Å²) in [5.41, 5.74) is 2.56. The van der Waals surface area contributed by atoms with Gasteiger partial charge < -0.3 is 31.1 Å². The van der Waals surface area contributed by atoms with E-state index in [4.69, 9.17) is 4.74 Å². The number of benzene rings is 2. The molecule has 11 nitrogen and oxygen atoms in total. The molecule has 0 spiro atoms. The molecule has 3 heterocycles. The number of hydrogen-bond donors (Lipinski definition) is 5. The van der Waals surface area contributed by atoms with Gasteiger partial charge in [0.1, 0.15) is 0 Å². The molecule has 0 radical (unpaired) electrons. The number of anilines is 2. The van der Waals surface area contributed by atoms with Crippen molar-refractivity contribution in [2.45, 2.75) is 25.5 Å². The van der Waals surface area contributed by atoms with E-state index in [0.29, 0.717) is 46.9 Å². The Labute approximate surface area is 234 Å². The predicted octanol–water partition coefficient (Wildman–Crippen LogP) is 2.30. The highest BCUT2D eigenvalue weighted by molar-refractivity contribution is 5.96. The predicted molar refractivity (Wildman–Crippen MR) is 147 cm³/mol. The number of aryl methyl sites for hydroxylation is 1. The Bertz CT molecular complexity index is 1610. The highest BCUT2D eigenvalue weighted by atomic mass is 19.2. The fraction of sp³-hybridized carbons (Fsp3) is 0.286. The molecule has 4 aromatic rings. The number of rotatable bonds is 9. The number of carbonyl (C=O) groups is 2. The van der Waals surface area contributed by atoms with Crippen LogP contribution in [0.3, 0.4) is 0 Å². The van der Waals surface area contributed by atoms with Crippen molar-refractivity contribution in [3.05, 3.63) is 71.7 Å². The van der Waals surface area contributed by atoms with E-state index in [9.17, 15) is 23.5 Å². The zero-order valence-corrected chi connectivity index (χ0v) is 22.4. The third-order valence-corrected chi connectivity index (χ3v) is 6.84. The minimum atomic E-state index is -1.08. The number of nitrogens with one attached hydrogen (secondary N) is 4. The van der Waals surface area contributed by atoms with Gasteiger partial charge >= 0.3 is 0 Å². The Hall–Kier alpha value is -4.62. The van der Waals surface area contributed by atoms with Gasteiger partial charge in [-0.2, -0.15) is 4.39 Å². The van der Waals surface area contributed by atoms with Crippen LogP contribution >= 0.6 is 0 Å². The number of imidazole rings is 1. The van der Waals surface area contributed by atoms with Gasteiger partial charge in [0, 0.05) is 48.8 Å². The summed E-state index contributed by atoms with van der Waals surface area (Å²) in [6.45, 7) is 2.68. The van der Waals surface area contributed by atoms with Crippen LogP contribution in [-0.2, 0) is 4.79 Å². The lowest BCUT2D eigenvalue weighted by molar-refractivity contribution is -0.122. The van der Waals surface area contributed by atoms with Gasteiger partial charge in [0.2, 0.25) is 11.7 Å². The summed E-state index contributed by atoms with van der Waals surface area (Å²) in [6.07, 6.45) is 4.38. The maximum Gasteiger partial charge on any atom is 0.251 e. The number of amides is 2. The summed E-state index contributed by atoms with van der Waals surface area (Å²) >= 11 is 0. The lowest BCUT2D eigenvalue weighted by atomic mass is 10.1. The summed E-state index contributed by atoms with van der Waals surface area (Å²) in [6, 6.07) is 7.51. The van der Waals surface area contributed by atoms with Gasteiger partial charge in [-0.05, 0) is 49.2 Å². The van der Waals surface area contributed by atoms with E-state index in [-0.39, 0.29) is 36.2 Å². The second-order valence-corrected chi connectivity index (χ2v) is 9.61. The molecule has 2 amide bonds. The summed E-state index contributed by atoms with van der Waals surface area (Å²) in [7, 11) is 1.27. The molecular formula is C28H29F2N7O4. The zero-order chi connectivity index (χ0) is 29.1. The minimum absolute atomic E-state index is 0.0210. The van der Waals surface area contributed by atoms with Crippen molar-refractivity contribution in [2.75, 3.05) is 32.1 Å². The van der Waals surface area contributed by atoms with Crippen LogP contribution in [-0.4, -0.2) is 70.2 Å². The number of β-amino-alcohol motifs (C(OH)–C–C–N with tert-alkyl or cyclic N) is 1. The van der Waals surface area contributed by atoms with Crippen LogP contribution in [0, 0.1) is 18.6 Å². The molecule has 2 unspecified atom stereocenters. The van der Waals surface area contributed by atoms with E-state index < -0.39 is 23.8 Å². The smallest absolute Gasteiger partial charge is 0.251 e. The number of hydrogen-bond acceptors (Lipinski definition) is 8. The maximum atomic E-state index is 14.8. The monoisotopic (exact) mass is 565 g/mol. The van der Waals surface area contributed by atoms with E-state index in [1.165, 1.54) is 31.6 Å². The Morgan fingerprint density at radius 2 is 1.95 bits per heavy atom. The number of fused-ring (bicyclic) bond motifs is 1. The van der Waals surface area contributed by atoms with Crippen LogP contribution < -0.4 is 26.0 Å². The molecule has 2 aromatic carbocycles. The molecule has 1 fully saturated rings. The van der Waals surface area contributed by atoms with Crippen molar-refractivity contribution in [1.82, 2.24) is 30.3 Å². The molecule has 2 aromatic heterocycles. The molecule has 0 aliphatic carbocycles. The molecule has 5 N–H and O–H groups in total. The lowest BCUT2D eigenvalue weighted by Gasteiger charge is -2.13. The normalized spacial score (nSPS) is 16.5. The van der Waals surface area contributed by atoms with Crippen LogP contribution in [0.15, 0.2) is 48.9 Å². The molecule has 13 heteroatoms. The average Bonchev–Trinajstić information content (AvgIpc) is 3.59. The molecule has 2 atom stereocenters. The number of carbonyl (C=O) groups excluding carboxylic acids is 2. The van der Waals surface area contributed by atoms with Gasteiger partial charge in [0.05, 0.1) is 31.1 Å². The number of aromatic nitrogens is 3. The van der Waals surface area contributed by atoms with Gasteiger partial charge in [0.25, 0.3) is 5.91 Å². The van der Waals surface area contributed by atoms with Crippen molar-refractivity contribution in [1.29, 1.82) is 0 Å². The summed E-state index contributed by atoms with van der Waals surface area (Å²) < 4.78 is 35.5. The number of ether oxygens (including phenoxy) is 1. The Morgan fingerprint density at radius 1 is 1.15 bits per heavy atom. The molecule has 1 saturated heterocycles. The lowest BCUT2D eigenvalue weighted by Crippen LogP contribution is -2.43. The summed E-state index contributed by atoms with van der Waals surface area (Å²) in [5.74, 6) is -2.44. The van der Waals surface area contributed by atoms with E-state index in [0.717, 1.165) is 0 Å². The highest BCUT2D eigenvalue weighted by Gasteiger charge is 2.27. The first kappa shape index (κ1) is 27.9. The molecule has 41 heavy (non-hydrogen) atoms. The molecule has 214 valence electrons. The van der Waals surface area contributed by atoms with Crippen LogP contribution in [0.25, 0.3) is 16.9 Å². The number of nitrogens with zero attached hydrogens (tertiary/aromatic N) is 3. The highest BCUT2D eigenvalue weighted by Crippen LogP contribution is 2.31. The van der Waals surface area contributed by atoms with Crippen LogP contribution in [0.2, 0.25) is 0 Å². The van der Waals surface area contributed by atoms with Crippen LogP contribution in [0.1, 0.15) is 22.3 Å². The number of methoxy groups -OCH3 is 1.